The minimum absolute atomic E-state index is 0.0835. The van der Waals surface area contributed by atoms with Gasteiger partial charge in [-0.1, -0.05) is 6.92 Å². The van der Waals surface area contributed by atoms with Crippen LogP contribution in [0.5, 0.6) is 0 Å². The van der Waals surface area contributed by atoms with Crippen LogP contribution in [-0.4, -0.2) is 62.9 Å². The van der Waals surface area contributed by atoms with Gasteiger partial charge in [0.05, 0.1) is 45.7 Å². The molecular formula is C24H34O6. The third kappa shape index (κ3) is 1.81. The average Bonchev–Trinajstić information content (AvgIpc) is 3.13. The maximum Gasteiger partial charge on any atom is 0.176 e. The van der Waals surface area contributed by atoms with Crippen LogP contribution in [0.15, 0.2) is 0 Å². The van der Waals surface area contributed by atoms with Gasteiger partial charge in [-0.25, -0.2) is 0 Å². The predicted molar refractivity (Wildman–Crippen MR) is 105 cm³/mol. The Balaban J connectivity index is 1.18. The van der Waals surface area contributed by atoms with E-state index in [1.807, 2.05) is 0 Å². The van der Waals surface area contributed by atoms with Crippen molar-refractivity contribution in [2.24, 2.45) is 34.5 Å². The zero-order chi connectivity index (χ0) is 19.8. The molecule has 2 bridgehead atoms. The second-order valence-electron chi connectivity index (χ2n) is 11.8. The fourth-order valence-corrected chi connectivity index (χ4v) is 10.1. The third-order valence-corrected chi connectivity index (χ3v) is 11.3. The van der Waals surface area contributed by atoms with Crippen molar-refractivity contribution in [3.05, 3.63) is 0 Å². The lowest BCUT2D eigenvalue weighted by atomic mass is 9.42. The van der Waals surface area contributed by atoms with Crippen molar-refractivity contribution >= 4 is 0 Å². The number of epoxide rings is 1. The van der Waals surface area contributed by atoms with Gasteiger partial charge in [0.1, 0.15) is 5.60 Å². The van der Waals surface area contributed by atoms with Crippen molar-refractivity contribution in [2.45, 2.75) is 75.1 Å². The van der Waals surface area contributed by atoms with Gasteiger partial charge in [-0.2, -0.15) is 0 Å². The molecule has 0 aromatic carbocycles. The molecule has 4 aliphatic carbocycles. The van der Waals surface area contributed by atoms with Crippen LogP contribution in [0.3, 0.4) is 0 Å². The monoisotopic (exact) mass is 418 g/mol. The predicted octanol–water partition coefficient (Wildman–Crippen LogP) is 2.88. The molecule has 4 saturated carbocycles. The number of rotatable bonds is 0. The number of hydrogen-bond donors (Lipinski definition) is 0. The van der Waals surface area contributed by atoms with Gasteiger partial charge in [-0.3, -0.25) is 0 Å². The Bertz CT molecular complexity index is 774. The van der Waals surface area contributed by atoms with E-state index in [0.717, 1.165) is 45.7 Å². The first-order valence-corrected chi connectivity index (χ1v) is 12.4. The molecule has 30 heavy (non-hydrogen) atoms. The van der Waals surface area contributed by atoms with Gasteiger partial charge in [0.15, 0.2) is 11.6 Å². The quantitative estimate of drug-likeness (QED) is 0.564. The van der Waals surface area contributed by atoms with E-state index >= 15 is 0 Å². The fourth-order valence-electron chi connectivity index (χ4n) is 10.1. The first-order chi connectivity index (χ1) is 14.6. The van der Waals surface area contributed by atoms with Gasteiger partial charge < -0.3 is 28.4 Å². The van der Waals surface area contributed by atoms with E-state index in [1.165, 1.54) is 25.7 Å². The second kappa shape index (κ2) is 5.45. The maximum absolute atomic E-state index is 6.72. The third-order valence-electron chi connectivity index (χ3n) is 11.3. The molecule has 6 nitrogen and oxygen atoms in total. The average molecular weight is 419 g/mol. The molecule has 0 aromatic heterocycles. The molecule has 0 amide bonds. The van der Waals surface area contributed by atoms with E-state index in [-0.39, 0.29) is 22.2 Å². The van der Waals surface area contributed by atoms with E-state index in [1.54, 1.807) is 0 Å². The van der Waals surface area contributed by atoms with Crippen molar-refractivity contribution in [1.82, 2.24) is 0 Å². The molecule has 8 rings (SSSR count). The summed E-state index contributed by atoms with van der Waals surface area (Å²) < 4.78 is 38.3. The zero-order valence-electron chi connectivity index (χ0n) is 18.0. The normalized spacial score (nSPS) is 58.9. The van der Waals surface area contributed by atoms with Gasteiger partial charge >= 0.3 is 0 Å². The summed E-state index contributed by atoms with van der Waals surface area (Å²) in [6.07, 6.45) is 8.32. The molecule has 8 aliphatic rings. The first kappa shape index (κ1) is 18.2. The van der Waals surface area contributed by atoms with E-state index in [2.05, 4.69) is 6.92 Å². The molecule has 4 aliphatic heterocycles. The van der Waals surface area contributed by atoms with Crippen molar-refractivity contribution in [1.29, 1.82) is 0 Å². The smallest absolute Gasteiger partial charge is 0.176 e. The molecule has 8 unspecified atom stereocenters. The summed E-state index contributed by atoms with van der Waals surface area (Å²) >= 11 is 0. The number of hydrogen-bond acceptors (Lipinski definition) is 6. The molecule has 4 spiro atoms. The molecule has 8 atom stereocenters. The van der Waals surface area contributed by atoms with E-state index in [9.17, 15) is 0 Å². The lowest BCUT2D eigenvalue weighted by Gasteiger charge is -2.64. The highest BCUT2D eigenvalue weighted by atomic mass is 16.7. The highest BCUT2D eigenvalue weighted by molar-refractivity contribution is 5.28. The van der Waals surface area contributed by atoms with Crippen molar-refractivity contribution < 1.29 is 28.4 Å². The van der Waals surface area contributed by atoms with Crippen LogP contribution in [0, 0.1) is 34.5 Å². The first-order valence-electron chi connectivity index (χ1n) is 12.4. The SMILES string of the molecule is CC12CCC3C(CC4OC45CC4(OCCO4)C4COCC35C4)C1CCC21OCCO1. The van der Waals surface area contributed by atoms with Crippen LogP contribution >= 0.6 is 0 Å². The lowest BCUT2D eigenvalue weighted by Crippen LogP contribution is -2.69. The Morgan fingerprint density at radius 2 is 1.63 bits per heavy atom. The summed E-state index contributed by atoms with van der Waals surface area (Å²) in [5.41, 5.74) is 0.192. The highest BCUT2D eigenvalue weighted by Gasteiger charge is 2.82. The number of fused-ring (bicyclic) bond motifs is 6. The zero-order valence-corrected chi connectivity index (χ0v) is 18.0. The standard InChI is InChI=1S/C24H34O6/c1-20-4-2-18-16(17(20)3-5-24(20)28-8-9-29-24)10-19-22(30-19)13-23(26-6-7-27-23)15-11-21(18,22)14-25-12-15/h15-19H,2-14H2,1H3. The molecule has 8 fully saturated rings. The minimum atomic E-state index is -0.461. The molecule has 0 radical (unpaired) electrons. The van der Waals surface area contributed by atoms with E-state index in [4.69, 9.17) is 28.4 Å². The van der Waals surface area contributed by atoms with Crippen molar-refractivity contribution in [2.75, 3.05) is 39.6 Å². The van der Waals surface area contributed by atoms with Crippen molar-refractivity contribution in [3.63, 3.8) is 0 Å². The largest absolute Gasteiger partial charge is 0.380 e. The Morgan fingerprint density at radius 1 is 0.867 bits per heavy atom. The maximum atomic E-state index is 6.72. The molecule has 0 N–H and O–H groups in total. The fraction of sp³-hybridized carbons (Fsp3) is 1.00. The van der Waals surface area contributed by atoms with E-state index < -0.39 is 5.79 Å². The van der Waals surface area contributed by atoms with Crippen LogP contribution in [-0.2, 0) is 28.4 Å². The van der Waals surface area contributed by atoms with Gasteiger partial charge in [0.25, 0.3) is 0 Å². The molecule has 166 valence electrons. The second-order valence-corrected chi connectivity index (χ2v) is 11.8. The summed E-state index contributed by atoms with van der Waals surface area (Å²) in [5.74, 6) is 1.59. The Kier molecular flexibility index (Phi) is 3.31. The molecule has 6 heteroatoms. The Hall–Kier alpha value is -0.240. The Labute approximate surface area is 178 Å². The minimum Gasteiger partial charge on any atom is -0.380 e. The van der Waals surface area contributed by atoms with Crippen LogP contribution in [0.25, 0.3) is 0 Å². The van der Waals surface area contributed by atoms with Gasteiger partial charge in [-0.05, 0) is 49.9 Å². The van der Waals surface area contributed by atoms with Crippen LogP contribution in [0.2, 0.25) is 0 Å². The van der Waals surface area contributed by atoms with Crippen molar-refractivity contribution in [3.8, 4) is 0 Å². The van der Waals surface area contributed by atoms with Crippen LogP contribution in [0.1, 0.15) is 51.9 Å². The summed E-state index contributed by atoms with van der Waals surface area (Å²) in [7, 11) is 0. The summed E-state index contributed by atoms with van der Waals surface area (Å²) in [4.78, 5) is 0. The summed E-state index contributed by atoms with van der Waals surface area (Å²) in [6, 6.07) is 0. The summed E-state index contributed by atoms with van der Waals surface area (Å²) in [6.45, 7) is 7.03. The van der Waals surface area contributed by atoms with Crippen LogP contribution in [0.4, 0.5) is 0 Å². The molecular weight excluding hydrogens is 384 g/mol. The molecule has 4 heterocycles. The highest BCUT2D eigenvalue weighted by Crippen LogP contribution is 2.77. The summed E-state index contributed by atoms with van der Waals surface area (Å²) in [5, 5.41) is 0. The van der Waals surface area contributed by atoms with Gasteiger partial charge in [-0.15, -0.1) is 0 Å². The molecule has 0 aromatic rings. The van der Waals surface area contributed by atoms with Gasteiger partial charge in [0.2, 0.25) is 0 Å². The number of ether oxygens (including phenoxy) is 6. The Morgan fingerprint density at radius 3 is 2.47 bits per heavy atom. The topological polar surface area (TPSA) is 58.7 Å². The van der Waals surface area contributed by atoms with Gasteiger partial charge in [0, 0.05) is 29.6 Å². The van der Waals surface area contributed by atoms with E-state index in [0.29, 0.717) is 43.0 Å². The van der Waals surface area contributed by atoms with Crippen LogP contribution < -0.4 is 0 Å². The lowest BCUT2D eigenvalue weighted by molar-refractivity contribution is -0.304. The molecule has 4 saturated heterocycles.